The molecule has 0 spiro atoms. The lowest BCUT2D eigenvalue weighted by atomic mass is 9.94. The lowest BCUT2D eigenvalue weighted by Crippen LogP contribution is -2.44. The molecule has 5 heteroatoms. The van der Waals surface area contributed by atoms with Crippen molar-refractivity contribution in [2.24, 2.45) is 5.92 Å². The molecule has 0 bridgehead atoms. The quantitative estimate of drug-likeness (QED) is 0.765. The second kappa shape index (κ2) is 7.61. The van der Waals surface area contributed by atoms with E-state index < -0.39 is 0 Å². The minimum Gasteiger partial charge on any atom is -0.309 e. The minimum absolute atomic E-state index is 0.0462. The van der Waals surface area contributed by atoms with Crippen molar-refractivity contribution in [1.82, 2.24) is 4.90 Å². The van der Waals surface area contributed by atoms with Gasteiger partial charge in [0.05, 0.1) is 0 Å². The molecular weight excluding hydrogens is 363 g/mol. The molecule has 0 radical (unpaired) electrons. The van der Waals surface area contributed by atoms with E-state index in [1.54, 1.807) is 12.1 Å². The summed E-state index contributed by atoms with van der Waals surface area (Å²) < 4.78 is 14.0. The summed E-state index contributed by atoms with van der Waals surface area (Å²) in [6.07, 6.45) is 2.56. The van der Waals surface area contributed by atoms with Crippen LogP contribution in [0.25, 0.3) is 0 Å². The maximum atomic E-state index is 14.0. The van der Waals surface area contributed by atoms with Gasteiger partial charge in [0.25, 0.3) is 0 Å². The van der Waals surface area contributed by atoms with Crippen LogP contribution in [0.3, 0.4) is 0 Å². The van der Waals surface area contributed by atoms with Crippen LogP contribution in [-0.2, 0) is 17.8 Å². The van der Waals surface area contributed by atoms with Gasteiger partial charge in [-0.3, -0.25) is 9.69 Å². The van der Waals surface area contributed by atoms with Crippen molar-refractivity contribution in [2.75, 3.05) is 18.0 Å². The average molecular weight is 387 g/mol. The number of carbonyl (C=O) groups is 1. The number of piperidine rings is 1. The summed E-state index contributed by atoms with van der Waals surface area (Å²) in [5, 5.41) is 0.417. The SMILES string of the molecule is CC1Cc2ccccc2N1C(=O)C1CCN(Cc2ccc(Cl)cc2F)CC1. The molecule has 1 unspecified atom stereocenters. The molecule has 4 rings (SSSR count). The lowest BCUT2D eigenvalue weighted by Gasteiger charge is -2.34. The number of para-hydroxylation sites is 1. The van der Waals surface area contributed by atoms with Gasteiger partial charge in [-0.15, -0.1) is 0 Å². The molecular formula is C22H24ClFN2O. The normalized spacial score (nSPS) is 20.7. The highest BCUT2D eigenvalue weighted by Gasteiger charge is 2.35. The second-order valence-electron chi connectivity index (χ2n) is 7.68. The smallest absolute Gasteiger partial charge is 0.230 e. The predicted octanol–water partition coefficient (Wildman–Crippen LogP) is 4.67. The first-order valence-electron chi connectivity index (χ1n) is 9.60. The van der Waals surface area contributed by atoms with Crippen molar-refractivity contribution in [2.45, 2.75) is 38.8 Å². The fourth-order valence-electron chi connectivity index (χ4n) is 4.33. The van der Waals surface area contributed by atoms with Crippen LogP contribution in [0, 0.1) is 11.7 Å². The number of fused-ring (bicyclic) bond motifs is 1. The van der Waals surface area contributed by atoms with Crippen molar-refractivity contribution in [3.63, 3.8) is 0 Å². The van der Waals surface area contributed by atoms with Crippen molar-refractivity contribution >= 4 is 23.2 Å². The molecule has 1 fully saturated rings. The summed E-state index contributed by atoms with van der Waals surface area (Å²) in [6.45, 7) is 4.30. The zero-order valence-corrected chi connectivity index (χ0v) is 16.3. The highest BCUT2D eigenvalue weighted by Crippen LogP contribution is 2.34. The summed E-state index contributed by atoms with van der Waals surface area (Å²) in [6, 6.07) is 13.3. The Morgan fingerprint density at radius 2 is 1.93 bits per heavy atom. The van der Waals surface area contributed by atoms with Crippen molar-refractivity contribution in [3.05, 3.63) is 64.4 Å². The summed E-state index contributed by atoms with van der Waals surface area (Å²) in [5.74, 6) is 0.0258. The topological polar surface area (TPSA) is 23.6 Å². The third-order valence-electron chi connectivity index (χ3n) is 5.79. The molecule has 1 atom stereocenters. The number of rotatable bonds is 3. The molecule has 2 aliphatic heterocycles. The fourth-order valence-corrected chi connectivity index (χ4v) is 4.49. The van der Waals surface area contributed by atoms with Gasteiger partial charge in [0, 0.05) is 34.8 Å². The number of halogens is 2. The maximum absolute atomic E-state index is 14.0. The van der Waals surface area contributed by atoms with E-state index in [4.69, 9.17) is 11.6 Å². The first kappa shape index (κ1) is 18.5. The predicted molar refractivity (Wildman–Crippen MR) is 107 cm³/mol. The molecule has 2 aromatic rings. The lowest BCUT2D eigenvalue weighted by molar-refractivity contribution is -0.124. The van der Waals surface area contributed by atoms with Crippen LogP contribution >= 0.6 is 11.6 Å². The van der Waals surface area contributed by atoms with Crippen molar-refractivity contribution < 1.29 is 9.18 Å². The molecule has 1 saturated heterocycles. The molecule has 0 aliphatic carbocycles. The first-order chi connectivity index (χ1) is 13.0. The van der Waals surface area contributed by atoms with Crippen LogP contribution < -0.4 is 4.90 Å². The van der Waals surface area contributed by atoms with E-state index in [0.29, 0.717) is 17.1 Å². The van der Waals surface area contributed by atoms with Gasteiger partial charge in [0.1, 0.15) is 5.82 Å². The Labute approximate surface area is 164 Å². The summed E-state index contributed by atoms with van der Waals surface area (Å²) in [7, 11) is 0. The second-order valence-corrected chi connectivity index (χ2v) is 8.11. The van der Waals surface area contributed by atoms with E-state index >= 15 is 0 Å². The Balaban J connectivity index is 1.38. The largest absolute Gasteiger partial charge is 0.309 e. The van der Waals surface area contributed by atoms with E-state index in [-0.39, 0.29) is 23.7 Å². The number of hydrogen-bond donors (Lipinski definition) is 0. The number of hydrogen-bond acceptors (Lipinski definition) is 2. The maximum Gasteiger partial charge on any atom is 0.230 e. The van der Waals surface area contributed by atoms with Gasteiger partial charge in [0.15, 0.2) is 0 Å². The van der Waals surface area contributed by atoms with Gasteiger partial charge < -0.3 is 4.90 Å². The van der Waals surface area contributed by atoms with Gasteiger partial charge in [-0.2, -0.15) is 0 Å². The fraction of sp³-hybridized carbons (Fsp3) is 0.409. The first-order valence-corrected chi connectivity index (χ1v) is 9.98. The number of carbonyl (C=O) groups excluding carboxylic acids is 1. The van der Waals surface area contributed by atoms with E-state index in [1.807, 2.05) is 17.0 Å². The molecule has 2 aromatic carbocycles. The summed E-state index contributed by atoms with van der Waals surface area (Å²) in [5.41, 5.74) is 2.99. The van der Waals surface area contributed by atoms with Crippen molar-refractivity contribution in [3.8, 4) is 0 Å². The molecule has 3 nitrogen and oxygen atoms in total. The number of likely N-dealkylation sites (tertiary alicyclic amines) is 1. The molecule has 142 valence electrons. The number of benzene rings is 2. The van der Waals surface area contributed by atoms with Crippen LogP contribution in [0.4, 0.5) is 10.1 Å². The molecule has 2 heterocycles. The third kappa shape index (κ3) is 3.74. The monoisotopic (exact) mass is 386 g/mol. The zero-order valence-electron chi connectivity index (χ0n) is 15.5. The molecule has 0 saturated carbocycles. The summed E-state index contributed by atoms with van der Waals surface area (Å²) >= 11 is 5.83. The van der Waals surface area contributed by atoms with Gasteiger partial charge in [-0.25, -0.2) is 4.39 Å². The van der Waals surface area contributed by atoms with Crippen molar-refractivity contribution in [1.29, 1.82) is 0 Å². The van der Waals surface area contributed by atoms with E-state index in [2.05, 4.69) is 24.0 Å². The van der Waals surface area contributed by atoms with Gasteiger partial charge in [-0.05, 0) is 63.0 Å². The Hall–Kier alpha value is -1.91. The molecule has 0 aromatic heterocycles. The molecule has 1 amide bonds. The number of amides is 1. The Morgan fingerprint density at radius 1 is 1.19 bits per heavy atom. The van der Waals surface area contributed by atoms with E-state index in [1.165, 1.54) is 11.6 Å². The standard InChI is InChI=1S/C22H24ClFN2O/c1-15-12-17-4-2-3-5-21(17)26(15)22(27)16-8-10-25(11-9-16)14-18-6-7-19(23)13-20(18)24/h2-7,13,15-16H,8-12,14H2,1H3. The van der Waals surface area contributed by atoms with Crippen LogP contribution in [0.1, 0.15) is 30.9 Å². The number of nitrogens with zero attached hydrogens (tertiary/aromatic N) is 2. The highest BCUT2D eigenvalue weighted by molar-refractivity contribution is 6.30. The summed E-state index contributed by atoms with van der Waals surface area (Å²) in [4.78, 5) is 17.4. The molecule has 2 aliphatic rings. The van der Waals surface area contributed by atoms with E-state index in [0.717, 1.165) is 38.0 Å². The zero-order chi connectivity index (χ0) is 19.0. The third-order valence-corrected chi connectivity index (χ3v) is 6.03. The van der Waals surface area contributed by atoms with Crippen LogP contribution in [-0.4, -0.2) is 29.9 Å². The molecule has 27 heavy (non-hydrogen) atoms. The Bertz CT molecular complexity index is 848. The minimum atomic E-state index is -0.261. The Morgan fingerprint density at radius 3 is 2.67 bits per heavy atom. The van der Waals surface area contributed by atoms with Crippen LogP contribution in [0.5, 0.6) is 0 Å². The molecule has 0 N–H and O–H groups in total. The van der Waals surface area contributed by atoms with Gasteiger partial charge >= 0.3 is 0 Å². The number of anilines is 1. The van der Waals surface area contributed by atoms with Gasteiger partial charge in [0.2, 0.25) is 5.91 Å². The highest BCUT2D eigenvalue weighted by atomic mass is 35.5. The average Bonchev–Trinajstić information content (AvgIpc) is 3.00. The van der Waals surface area contributed by atoms with Crippen LogP contribution in [0.15, 0.2) is 42.5 Å². The van der Waals surface area contributed by atoms with Gasteiger partial charge in [-0.1, -0.05) is 35.9 Å². The Kier molecular flexibility index (Phi) is 5.20. The van der Waals surface area contributed by atoms with E-state index in [9.17, 15) is 9.18 Å². The van der Waals surface area contributed by atoms with Crippen LogP contribution in [0.2, 0.25) is 5.02 Å².